The largest absolute Gasteiger partial charge is 0.469 e. The van der Waals surface area contributed by atoms with E-state index in [1.54, 1.807) is 36.1 Å². The predicted octanol–water partition coefficient (Wildman–Crippen LogP) is 3.63. The van der Waals surface area contributed by atoms with Crippen LogP contribution < -0.4 is 0 Å². The summed E-state index contributed by atoms with van der Waals surface area (Å²) in [6, 6.07) is 13.5. The number of carbonyl (C=O) groups excluding carboxylic acids is 2. The minimum Gasteiger partial charge on any atom is -0.469 e. The quantitative estimate of drug-likeness (QED) is 0.711. The number of hydrogen-bond acceptors (Lipinski definition) is 3. The van der Waals surface area contributed by atoms with Crippen LogP contribution in [-0.4, -0.2) is 37.0 Å². The van der Waals surface area contributed by atoms with Crippen molar-refractivity contribution in [3.8, 4) is 0 Å². The molecule has 1 amide bonds. The van der Waals surface area contributed by atoms with Crippen molar-refractivity contribution < 1.29 is 18.7 Å². The van der Waals surface area contributed by atoms with Gasteiger partial charge in [0.25, 0.3) is 5.91 Å². The molecule has 1 unspecified atom stereocenters. The summed E-state index contributed by atoms with van der Waals surface area (Å²) in [7, 11) is 1.34. The Morgan fingerprint density at radius 2 is 1.69 bits per heavy atom. The molecule has 0 bridgehead atoms. The molecule has 0 aliphatic heterocycles. The lowest BCUT2D eigenvalue weighted by Crippen LogP contribution is -2.38. The summed E-state index contributed by atoms with van der Waals surface area (Å²) in [6.45, 7) is 4.39. The summed E-state index contributed by atoms with van der Waals surface area (Å²) < 4.78 is 17.8. The normalized spacial score (nSPS) is 11.7. The van der Waals surface area contributed by atoms with Crippen LogP contribution in [0.4, 0.5) is 4.39 Å². The van der Waals surface area contributed by atoms with Gasteiger partial charge >= 0.3 is 5.97 Å². The zero-order chi connectivity index (χ0) is 19.1. The van der Waals surface area contributed by atoms with Crippen LogP contribution >= 0.6 is 0 Å². The van der Waals surface area contributed by atoms with Crippen molar-refractivity contribution in [3.05, 3.63) is 71.0 Å². The maximum atomic E-state index is 13.1. The van der Waals surface area contributed by atoms with Gasteiger partial charge in [0.05, 0.1) is 13.0 Å². The van der Waals surface area contributed by atoms with Crippen molar-refractivity contribution in [3.63, 3.8) is 0 Å². The first-order chi connectivity index (χ1) is 12.4. The van der Waals surface area contributed by atoms with E-state index >= 15 is 0 Å². The SMILES string of the molecule is COC(=O)C(C)CN(CCc1ccc(F)cc1)C(=O)c1ccc(C)cc1. The fraction of sp³-hybridized carbons (Fsp3) is 0.333. The van der Waals surface area contributed by atoms with Gasteiger partial charge in [0.1, 0.15) is 5.82 Å². The number of carbonyl (C=O) groups is 2. The molecule has 26 heavy (non-hydrogen) atoms. The summed E-state index contributed by atoms with van der Waals surface area (Å²) >= 11 is 0. The third kappa shape index (κ3) is 5.41. The highest BCUT2D eigenvalue weighted by molar-refractivity contribution is 5.94. The summed E-state index contributed by atoms with van der Waals surface area (Å²) in [5.74, 6) is -1.21. The molecule has 2 aromatic rings. The van der Waals surface area contributed by atoms with Gasteiger partial charge < -0.3 is 9.64 Å². The van der Waals surface area contributed by atoms with Gasteiger partial charge in [-0.2, -0.15) is 0 Å². The third-order valence-corrected chi connectivity index (χ3v) is 4.27. The number of halogens is 1. The van der Waals surface area contributed by atoms with Crippen molar-refractivity contribution in [2.24, 2.45) is 5.92 Å². The second kappa shape index (κ2) is 9.13. The summed E-state index contributed by atoms with van der Waals surface area (Å²) in [5, 5.41) is 0. The van der Waals surface area contributed by atoms with Crippen molar-refractivity contribution in [2.45, 2.75) is 20.3 Å². The minimum absolute atomic E-state index is 0.136. The molecule has 0 saturated heterocycles. The maximum Gasteiger partial charge on any atom is 0.310 e. The average Bonchev–Trinajstić information content (AvgIpc) is 2.65. The molecule has 0 aliphatic rings. The van der Waals surface area contributed by atoms with Crippen LogP contribution in [0.1, 0.15) is 28.4 Å². The molecule has 5 heteroatoms. The standard InChI is InChI=1S/C21H24FNO3/c1-15-4-8-18(9-5-15)20(24)23(14-16(2)21(25)26-3)13-12-17-6-10-19(22)11-7-17/h4-11,16H,12-14H2,1-3H3. The number of esters is 1. The molecule has 0 aliphatic carbocycles. The molecule has 2 aromatic carbocycles. The number of nitrogens with zero attached hydrogens (tertiary/aromatic N) is 1. The van der Waals surface area contributed by atoms with E-state index in [-0.39, 0.29) is 24.2 Å². The molecule has 1 atom stereocenters. The molecular formula is C21H24FNO3. The predicted molar refractivity (Wildman–Crippen MR) is 98.4 cm³/mol. The lowest BCUT2D eigenvalue weighted by molar-refractivity contribution is -0.145. The van der Waals surface area contributed by atoms with Gasteiger partial charge in [-0.3, -0.25) is 9.59 Å². The highest BCUT2D eigenvalue weighted by Gasteiger charge is 2.22. The number of aryl methyl sites for hydroxylation is 1. The highest BCUT2D eigenvalue weighted by Crippen LogP contribution is 2.12. The van der Waals surface area contributed by atoms with Gasteiger partial charge in [0.2, 0.25) is 0 Å². The average molecular weight is 357 g/mol. The molecule has 0 saturated carbocycles. The van der Waals surface area contributed by atoms with E-state index in [1.165, 1.54) is 19.2 Å². The summed E-state index contributed by atoms with van der Waals surface area (Å²) in [4.78, 5) is 26.3. The monoisotopic (exact) mass is 357 g/mol. The Morgan fingerprint density at radius 1 is 1.08 bits per heavy atom. The van der Waals surface area contributed by atoms with E-state index in [9.17, 15) is 14.0 Å². The van der Waals surface area contributed by atoms with Gasteiger partial charge in [-0.25, -0.2) is 4.39 Å². The molecular weight excluding hydrogens is 333 g/mol. The second-order valence-corrected chi connectivity index (χ2v) is 6.42. The van der Waals surface area contributed by atoms with E-state index in [0.29, 0.717) is 18.5 Å². The molecule has 0 N–H and O–H groups in total. The van der Waals surface area contributed by atoms with E-state index < -0.39 is 5.92 Å². The zero-order valence-electron chi connectivity index (χ0n) is 15.4. The second-order valence-electron chi connectivity index (χ2n) is 6.42. The highest BCUT2D eigenvalue weighted by atomic mass is 19.1. The van der Waals surface area contributed by atoms with E-state index in [4.69, 9.17) is 4.74 Å². The first kappa shape index (κ1) is 19.6. The molecule has 2 rings (SSSR count). The van der Waals surface area contributed by atoms with Crippen LogP contribution in [0.3, 0.4) is 0 Å². The van der Waals surface area contributed by atoms with E-state index in [2.05, 4.69) is 0 Å². The van der Waals surface area contributed by atoms with Crippen LogP contribution in [0, 0.1) is 18.7 Å². The third-order valence-electron chi connectivity index (χ3n) is 4.27. The number of rotatable bonds is 7. The van der Waals surface area contributed by atoms with Crippen molar-refractivity contribution in [1.29, 1.82) is 0 Å². The Morgan fingerprint density at radius 3 is 2.27 bits per heavy atom. The van der Waals surface area contributed by atoms with Gasteiger partial charge in [0.15, 0.2) is 0 Å². The van der Waals surface area contributed by atoms with Crippen LogP contribution in [0.2, 0.25) is 0 Å². The Bertz CT molecular complexity index is 741. The van der Waals surface area contributed by atoms with Crippen molar-refractivity contribution in [1.82, 2.24) is 4.90 Å². The Kier molecular flexibility index (Phi) is 6.89. The Labute approximate surface area is 153 Å². The molecule has 4 nitrogen and oxygen atoms in total. The topological polar surface area (TPSA) is 46.6 Å². The van der Waals surface area contributed by atoms with E-state index in [0.717, 1.165) is 11.1 Å². The van der Waals surface area contributed by atoms with Crippen LogP contribution in [0.15, 0.2) is 48.5 Å². The van der Waals surface area contributed by atoms with E-state index in [1.807, 2.05) is 19.1 Å². The Balaban J connectivity index is 2.14. The number of amides is 1. The lowest BCUT2D eigenvalue weighted by Gasteiger charge is -2.25. The first-order valence-corrected chi connectivity index (χ1v) is 8.59. The maximum absolute atomic E-state index is 13.1. The molecule has 0 heterocycles. The van der Waals surface area contributed by atoms with Gasteiger partial charge in [-0.05, 0) is 43.2 Å². The Hall–Kier alpha value is -2.69. The van der Waals surface area contributed by atoms with Crippen LogP contribution in [0.25, 0.3) is 0 Å². The van der Waals surface area contributed by atoms with Gasteiger partial charge in [-0.15, -0.1) is 0 Å². The van der Waals surface area contributed by atoms with Crippen LogP contribution in [-0.2, 0) is 16.0 Å². The van der Waals surface area contributed by atoms with Crippen LogP contribution in [0.5, 0.6) is 0 Å². The molecule has 0 radical (unpaired) electrons. The number of hydrogen-bond donors (Lipinski definition) is 0. The fourth-order valence-electron chi connectivity index (χ4n) is 2.68. The summed E-state index contributed by atoms with van der Waals surface area (Å²) in [6.07, 6.45) is 0.575. The zero-order valence-corrected chi connectivity index (χ0v) is 15.4. The smallest absolute Gasteiger partial charge is 0.310 e. The van der Waals surface area contributed by atoms with Gasteiger partial charge in [0, 0.05) is 18.7 Å². The molecule has 0 aromatic heterocycles. The van der Waals surface area contributed by atoms with Crippen molar-refractivity contribution in [2.75, 3.05) is 20.2 Å². The lowest BCUT2D eigenvalue weighted by atomic mass is 10.1. The van der Waals surface area contributed by atoms with Gasteiger partial charge in [-0.1, -0.05) is 36.8 Å². The molecule has 0 fully saturated rings. The number of benzene rings is 2. The minimum atomic E-state index is -0.428. The number of ether oxygens (including phenoxy) is 1. The fourth-order valence-corrected chi connectivity index (χ4v) is 2.68. The molecule has 0 spiro atoms. The molecule has 138 valence electrons. The number of methoxy groups -OCH3 is 1. The van der Waals surface area contributed by atoms with Crippen molar-refractivity contribution >= 4 is 11.9 Å². The first-order valence-electron chi connectivity index (χ1n) is 8.59. The summed E-state index contributed by atoms with van der Waals surface area (Å²) in [5.41, 5.74) is 2.58.